The van der Waals surface area contributed by atoms with Crippen LogP contribution in [0.5, 0.6) is 5.75 Å². The Hall–Kier alpha value is -2.38. The van der Waals surface area contributed by atoms with Crippen LogP contribution in [0.1, 0.15) is 16.7 Å². The molecule has 0 saturated carbocycles. The summed E-state index contributed by atoms with van der Waals surface area (Å²) in [5.74, 6) is 0.235. The van der Waals surface area contributed by atoms with Gasteiger partial charge in [0.05, 0.1) is 11.6 Å². The van der Waals surface area contributed by atoms with Gasteiger partial charge in [0.2, 0.25) is 0 Å². The second-order valence-electron chi connectivity index (χ2n) is 4.10. The highest BCUT2D eigenvalue weighted by atomic mass is 19.1. The van der Waals surface area contributed by atoms with Crippen LogP contribution >= 0.6 is 0 Å². The molecule has 0 aliphatic carbocycles. The first kappa shape index (κ1) is 13.1. The third-order valence-electron chi connectivity index (χ3n) is 2.63. The summed E-state index contributed by atoms with van der Waals surface area (Å²) in [6, 6.07) is 13.5. The average molecular weight is 256 g/mol. The molecule has 0 aromatic heterocycles. The summed E-state index contributed by atoms with van der Waals surface area (Å²) in [5, 5.41) is 8.77. The second-order valence-corrected chi connectivity index (χ2v) is 4.10. The number of hydrogen-bond acceptors (Lipinski definition) is 3. The molecular formula is C15H13FN2O. The number of benzene rings is 2. The van der Waals surface area contributed by atoms with Crippen LogP contribution in [0.15, 0.2) is 42.5 Å². The van der Waals surface area contributed by atoms with Crippen molar-refractivity contribution in [3.8, 4) is 11.8 Å². The number of nitriles is 1. The molecule has 0 aliphatic rings. The van der Waals surface area contributed by atoms with Crippen molar-refractivity contribution in [3.63, 3.8) is 0 Å². The van der Waals surface area contributed by atoms with Gasteiger partial charge in [0.25, 0.3) is 0 Å². The normalized spacial score (nSPS) is 9.95. The summed E-state index contributed by atoms with van der Waals surface area (Å²) >= 11 is 0. The first-order valence-electron chi connectivity index (χ1n) is 5.82. The molecule has 2 N–H and O–H groups in total. The van der Waals surface area contributed by atoms with E-state index in [1.807, 2.05) is 30.3 Å². The number of ether oxygens (including phenoxy) is 1. The van der Waals surface area contributed by atoms with Crippen molar-refractivity contribution in [2.24, 2.45) is 5.73 Å². The maximum atomic E-state index is 13.2. The van der Waals surface area contributed by atoms with Crippen molar-refractivity contribution in [3.05, 3.63) is 65.0 Å². The fourth-order valence-electron chi connectivity index (χ4n) is 1.73. The Kier molecular flexibility index (Phi) is 4.11. The van der Waals surface area contributed by atoms with E-state index in [2.05, 4.69) is 0 Å². The third-order valence-corrected chi connectivity index (χ3v) is 2.63. The van der Waals surface area contributed by atoms with Gasteiger partial charge in [-0.15, -0.1) is 0 Å². The van der Waals surface area contributed by atoms with Gasteiger partial charge in [0.1, 0.15) is 18.2 Å². The largest absolute Gasteiger partial charge is 0.489 e. The number of hydrogen-bond donors (Lipinski definition) is 1. The zero-order valence-electron chi connectivity index (χ0n) is 10.3. The molecule has 2 aromatic rings. The van der Waals surface area contributed by atoms with Crippen LogP contribution in [0.3, 0.4) is 0 Å². The van der Waals surface area contributed by atoms with Crippen LogP contribution in [-0.4, -0.2) is 0 Å². The van der Waals surface area contributed by atoms with Crippen LogP contribution in [0.2, 0.25) is 0 Å². The van der Waals surface area contributed by atoms with Crippen molar-refractivity contribution in [1.82, 2.24) is 0 Å². The van der Waals surface area contributed by atoms with Gasteiger partial charge in [-0.25, -0.2) is 4.39 Å². The Morgan fingerprint density at radius 1 is 1.16 bits per heavy atom. The summed E-state index contributed by atoms with van der Waals surface area (Å²) in [5.41, 5.74) is 7.42. The van der Waals surface area contributed by atoms with E-state index < -0.39 is 5.82 Å². The highest BCUT2D eigenvalue weighted by Gasteiger charge is 2.02. The molecule has 0 radical (unpaired) electrons. The van der Waals surface area contributed by atoms with Gasteiger partial charge in [-0.05, 0) is 41.5 Å². The van der Waals surface area contributed by atoms with E-state index in [0.29, 0.717) is 17.9 Å². The van der Waals surface area contributed by atoms with E-state index >= 15 is 0 Å². The molecule has 0 fully saturated rings. The Morgan fingerprint density at radius 3 is 2.74 bits per heavy atom. The van der Waals surface area contributed by atoms with E-state index in [1.165, 1.54) is 12.1 Å². The minimum absolute atomic E-state index is 0.209. The summed E-state index contributed by atoms with van der Waals surface area (Å²) in [6.45, 7) is 0.649. The lowest BCUT2D eigenvalue weighted by atomic mass is 10.1. The summed E-state index contributed by atoms with van der Waals surface area (Å²) in [6.07, 6.45) is 0. The van der Waals surface area contributed by atoms with Crippen LogP contribution < -0.4 is 10.5 Å². The lowest BCUT2D eigenvalue weighted by molar-refractivity contribution is 0.305. The minimum Gasteiger partial charge on any atom is -0.489 e. The number of rotatable bonds is 4. The van der Waals surface area contributed by atoms with Crippen molar-refractivity contribution in [2.75, 3.05) is 0 Å². The summed E-state index contributed by atoms with van der Waals surface area (Å²) in [4.78, 5) is 0. The number of halogens is 1. The number of nitrogens with two attached hydrogens (primary N) is 1. The van der Waals surface area contributed by atoms with Crippen molar-refractivity contribution >= 4 is 0 Å². The van der Waals surface area contributed by atoms with Crippen molar-refractivity contribution in [1.29, 1.82) is 5.26 Å². The molecule has 0 bridgehead atoms. The summed E-state index contributed by atoms with van der Waals surface area (Å²) in [7, 11) is 0. The molecule has 2 aromatic carbocycles. The SMILES string of the molecule is N#Cc1cc(F)cc(COc2cccc(CN)c2)c1. The lowest BCUT2D eigenvalue weighted by Crippen LogP contribution is -1.99. The standard InChI is InChI=1S/C15H13FN2O/c16-14-5-12(9-18)4-13(6-14)10-19-15-3-1-2-11(7-15)8-17/h1-7H,8,10,17H2. The van der Waals surface area contributed by atoms with Gasteiger partial charge in [0.15, 0.2) is 0 Å². The molecule has 0 amide bonds. The molecule has 0 unspecified atom stereocenters. The van der Waals surface area contributed by atoms with Crippen molar-refractivity contribution < 1.29 is 9.13 Å². The molecule has 2 rings (SSSR count). The topological polar surface area (TPSA) is 59.0 Å². The molecule has 19 heavy (non-hydrogen) atoms. The molecule has 96 valence electrons. The Balaban J connectivity index is 2.10. The molecule has 0 aliphatic heterocycles. The van der Waals surface area contributed by atoms with E-state index in [4.69, 9.17) is 15.7 Å². The first-order chi connectivity index (χ1) is 9.21. The smallest absolute Gasteiger partial charge is 0.124 e. The molecule has 0 atom stereocenters. The Morgan fingerprint density at radius 2 is 2.00 bits per heavy atom. The molecule has 4 heteroatoms. The van der Waals surface area contributed by atoms with E-state index in [1.54, 1.807) is 6.07 Å². The van der Waals surface area contributed by atoms with Crippen molar-refractivity contribution in [2.45, 2.75) is 13.2 Å². The zero-order valence-corrected chi connectivity index (χ0v) is 10.3. The fraction of sp³-hybridized carbons (Fsp3) is 0.133. The molecule has 0 saturated heterocycles. The van der Waals surface area contributed by atoms with E-state index in [0.717, 1.165) is 5.56 Å². The van der Waals surface area contributed by atoms with E-state index in [-0.39, 0.29) is 12.2 Å². The van der Waals surface area contributed by atoms with Gasteiger partial charge in [-0.3, -0.25) is 0 Å². The highest BCUT2D eigenvalue weighted by molar-refractivity contribution is 5.34. The Labute approximate surface area is 111 Å². The van der Waals surface area contributed by atoms with Crippen LogP contribution in [0.25, 0.3) is 0 Å². The van der Waals surface area contributed by atoms with Crippen LogP contribution in [0, 0.1) is 17.1 Å². The number of nitrogens with zero attached hydrogens (tertiary/aromatic N) is 1. The zero-order chi connectivity index (χ0) is 13.7. The fourth-order valence-corrected chi connectivity index (χ4v) is 1.73. The van der Waals surface area contributed by atoms with Gasteiger partial charge in [0, 0.05) is 6.54 Å². The van der Waals surface area contributed by atoms with Gasteiger partial charge >= 0.3 is 0 Å². The Bertz CT molecular complexity index is 620. The second kappa shape index (κ2) is 5.98. The van der Waals surface area contributed by atoms with Gasteiger partial charge in [-0.1, -0.05) is 12.1 Å². The summed E-state index contributed by atoms with van der Waals surface area (Å²) < 4.78 is 18.8. The maximum absolute atomic E-state index is 13.2. The first-order valence-corrected chi connectivity index (χ1v) is 5.82. The minimum atomic E-state index is -0.437. The predicted octanol–water partition coefficient (Wildman–Crippen LogP) is 2.74. The molecule has 0 heterocycles. The lowest BCUT2D eigenvalue weighted by Gasteiger charge is -2.08. The van der Waals surface area contributed by atoms with E-state index in [9.17, 15) is 4.39 Å². The van der Waals surface area contributed by atoms with Gasteiger partial charge in [-0.2, -0.15) is 5.26 Å². The maximum Gasteiger partial charge on any atom is 0.124 e. The molecule has 3 nitrogen and oxygen atoms in total. The quantitative estimate of drug-likeness (QED) is 0.915. The van der Waals surface area contributed by atoms with Crippen LogP contribution in [0.4, 0.5) is 4.39 Å². The van der Waals surface area contributed by atoms with Crippen LogP contribution in [-0.2, 0) is 13.2 Å². The highest BCUT2D eigenvalue weighted by Crippen LogP contribution is 2.16. The van der Waals surface area contributed by atoms with Gasteiger partial charge < -0.3 is 10.5 Å². The monoisotopic (exact) mass is 256 g/mol. The predicted molar refractivity (Wildman–Crippen MR) is 69.8 cm³/mol. The average Bonchev–Trinajstić information content (AvgIpc) is 2.44. The molecular weight excluding hydrogens is 243 g/mol. The molecule has 0 spiro atoms. The third kappa shape index (κ3) is 3.54.